The van der Waals surface area contributed by atoms with Gasteiger partial charge >= 0.3 is 0 Å². The van der Waals surface area contributed by atoms with E-state index in [1.165, 1.54) is 0 Å². The summed E-state index contributed by atoms with van der Waals surface area (Å²) in [7, 11) is 0. The van der Waals surface area contributed by atoms with Crippen LogP contribution in [0.1, 0.15) is 29.0 Å². The third-order valence-electron chi connectivity index (χ3n) is 4.81. The molecule has 1 aliphatic heterocycles. The summed E-state index contributed by atoms with van der Waals surface area (Å²) in [6.07, 6.45) is 3.70. The number of carbonyl (C=O) groups is 2. The van der Waals surface area contributed by atoms with Gasteiger partial charge in [-0.1, -0.05) is 18.2 Å². The first-order chi connectivity index (χ1) is 13.6. The van der Waals surface area contributed by atoms with Crippen molar-refractivity contribution in [2.75, 3.05) is 19.6 Å². The van der Waals surface area contributed by atoms with Crippen molar-refractivity contribution in [3.05, 3.63) is 60.0 Å². The van der Waals surface area contributed by atoms with Crippen LogP contribution in [0.2, 0.25) is 0 Å². The molecule has 0 unspecified atom stereocenters. The maximum Gasteiger partial charge on any atom is 0.255 e. The van der Waals surface area contributed by atoms with Gasteiger partial charge in [-0.25, -0.2) is 4.68 Å². The average Bonchev–Trinajstić information content (AvgIpc) is 3.46. The number of furan rings is 1. The van der Waals surface area contributed by atoms with Crippen LogP contribution in [0.3, 0.4) is 0 Å². The predicted octanol–water partition coefficient (Wildman–Crippen LogP) is 2.79. The molecule has 7 heteroatoms. The predicted molar refractivity (Wildman–Crippen MR) is 104 cm³/mol. The van der Waals surface area contributed by atoms with Gasteiger partial charge in [-0.05, 0) is 44.0 Å². The van der Waals surface area contributed by atoms with Gasteiger partial charge in [-0.2, -0.15) is 5.10 Å². The number of nitrogens with one attached hydrogen (secondary N) is 1. The normalized spacial score (nSPS) is 13.7. The van der Waals surface area contributed by atoms with Gasteiger partial charge in [0.2, 0.25) is 5.91 Å². The Labute approximate surface area is 162 Å². The smallest absolute Gasteiger partial charge is 0.255 e. The van der Waals surface area contributed by atoms with Crippen LogP contribution in [0.4, 0.5) is 0 Å². The van der Waals surface area contributed by atoms with E-state index < -0.39 is 0 Å². The zero-order valence-corrected chi connectivity index (χ0v) is 15.7. The molecule has 0 radical (unpaired) electrons. The summed E-state index contributed by atoms with van der Waals surface area (Å²) in [5, 5.41) is 7.29. The van der Waals surface area contributed by atoms with Crippen LogP contribution in [0, 0.1) is 6.92 Å². The van der Waals surface area contributed by atoms with Crippen LogP contribution in [-0.2, 0) is 4.79 Å². The number of amides is 2. The molecule has 0 bridgehead atoms. The number of hydrogen-bond acceptors (Lipinski definition) is 4. The second-order valence-electron chi connectivity index (χ2n) is 6.85. The number of hydrogen-bond donors (Lipinski definition) is 1. The maximum atomic E-state index is 12.8. The molecule has 0 atom stereocenters. The Kier molecular flexibility index (Phi) is 4.97. The lowest BCUT2D eigenvalue weighted by Crippen LogP contribution is -2.38. The number of carbonyl (C=O) groups excluding carboxylic acids is 2. The van der Waals surface area contributed by atoms with Gasteiger partial charge in [0.05, 0.1) is 17.8 Å². The van der Waals surface area contributed by atoms with E-state index in [9.17, 15) is 9.59 Å². The molecular weight excluding hydrogens is 356 g/mol. The molecule has 0 saturated carbocycles. The van der Waals surface area contributed by atoms with E-state index in [2.05, 4.69) is 10.4 Å². The first-order valence-corrected chi connectivity index (χ1v) is 9.40. The molecule has 1 fully saturated rings. The van der Waals surface area contributed by atoms with E-state index >= 15 is 0 Å². The molecule has 2 amide bonds. The van der Waals surface area contributed by atoms with Gasteiger partial charge in [0.15, 0.2) is 5.76 Å². The standard InChI is InChI=1S/C21H22N4O3/c1-15-9-10-18(28-15)20-17(14-25(23-20)16-7-3-2-4-8-16)21(27)22-13-19(26)24-11-5-6-12-24/h2-4,7-10,14H,5-6,11-13H2,1H3,(H,22,27). The van der Waals surface area contributed by atoms with Crippen molar-refractivity contribution in [2.45, 2.75) is 19.8 Å². The molecule has 1 aliphatic rings. The van der Waals surface area contributed by atoms with Crippen LogP contribution in [0.5, 0.6) is 0 Å². The SMILES string of the molecule is Cc1ccc(-c2nn(-c3ccccc3)cc2C(=O)NCC(=O)N2CCCC2)o1. The summed E-state index contributed by atoms with van der Waals surface area (Å²) in [5.41, 5.74) is 1.65. The van der Waals surface area contributed by atoms with Gasteiger partial charge in [0.1, 0.15) is 11.5 Å². The minimum Gasteiger partial charge on any atom is -0.460 e. The summed E-state index contributed by atoms with van der Waals surface area (Å²) >= 11 is 0. The quantitative estimate of drug-likeness (QED) is 0.740. The molecule has 28 heavy (non-hydrogen) atoms. The third kappa shape index (κ3) is 3.69. The molecular formula is C21H22N4O3. The molecule has 1 N–H and O–H groups in total. The Bertz CT molecular complexity index is 984. The van der Waals surface area contributed by atoms with Gasteiger partial charge in [0.25, 0.3) is 5.91 Å². The highest BCUT2D eigenvalue weighted by atomic mass is 16.3. The Morgan fingerprint density at radius 3 is 2.54 bits per heavy atom. The monoisotopic (exact) mass is 378 g/mol. The number of para-hydroxylation sites is 1. The van der Waals surface area contributed by atoms with E-state index in [0.29, 0.717) is 17.0 Å². The number of aromatic nitrogens is 2. The van der Waals surface area contributed by atoms with Crippen LogP contribution in [0.25, 0.3) is 17.1 Å². The van der Waals surface area contributed by atoms with Crippen molar-refractivity contribution in [3.8, 4) is 17.1 Å². The average molecular weight is 378 g/mol. The van der Waals surface area contributed by atoms with E-state index in [1.807, 2.05) is 43.3 Å². The molecule has 0 spiro atoms. The second kappa shape index (κ2) is 7.72. The number of nitrogens with zero attached hydrogens (tertiary/aromatic N) is 3. The van der Waals surface area contributed by atoms with Crippen molar-refractivity contribution in [1.29, 1.82) is 0 Å². The Hall–Kier alpha value is -3.35. The van der Waals surface area contributed by atoms with E-state index in [-0.39, 0.29) is 18.4 Å². The van der Waals surface area contributed by atoms with Gasteiger partial charge in [-0.3, -0.25) is 9.59 Å². The van der Waals surface area contributed by atoms with Crippen LogP contribution in [0.15, 0.2) is 53.1 Å². The maximum absolute atomic E-state index is 12.8. The summed E-state index contributed by atoms with van der Waals surface area (Å²) < 4.78 is 7.33. The Morgan fingerprint density at radius 2 is 1.86 bits per heavy atom. The highest BCUT2D eigenvalue weighted by molar-refractivity contribution is 6.01. The number of aryl methyl sites for hydroxylation is 1. The Morgan fingerprint density at radius 1 is 1.11 bits per heavy atom. The second-order valence-corrected chi connectivity index (χ2v) is 6.85. The third-order valence-corrected chi connectivity index (χ3v) is 4.81. The van der Waals surface area contributed by atoms with Crippen LogP contribution >= 0.6 is 0 Å². The molecule has 0 aliphatic carbocycles. The van der Waals surface area contributed by atoms with Gasteiger partial charge < -0.3 is 14.6 Å². The lowest BCUT2D eigenvalue weighted by Gasteiger charge is -2.15. The molecule has 1 aromatic carbocycles. The number of rotatable bonds is 5. The van der Waals surface area contributed by atoms with Crippen molar-refractivity contribution in [2.24, 2.45) is 0 Å². The van der Waals surface area contributed by atoms with Crippen molar-refractivity contribution in [3.63, 3.8) is 0 Å². The first-order valence-electron chi connectivity index (χ1n) is 9.40. The summed E-state index contributed by atoms with van der Waals surface area (Å²) in [5.74, 6) is 0.846. The van der Waals surface area contributed by atoms with Crippen LogP contribution < -0.4 is 5.32 Å². The fourth-order valence-corrected chi connectivity index (χ4v) is 3.33. The largest absolute Gasteiger partial charge is 0.460 e. The molecule has 144 valence electrons. The first kappa shape index (κ1) is 18.0. The van der Waals surface area contributed by atoms with E-state index in [4.69, 9.17) is 4.42 Å². The van der Waals surface area contributed by atoms with Gasteiger partial charge in [0, 0.05) is 19.3 Å². The van der Waals surface area contributed by atoms with E-state index in [0.717, 1.165) is 37.4 Å². The highest BCUT2D eigenvalue weighted by Gasteiger charge is 2.23. The zero-order valence-electron chi connectivity index (χ0n) is 15.7. The summed E-state index contributed by atoms with van der Waals surface area (Å²) in [6.45, 7) is 3.34. The van der Waals surface area contributed by atoms with Crippen molar-refractivity contribution in [1.82, 2.24) is 20.0 Å². The topological polar surface area (TPSA) is 80.4 Å². The fourth-order valence-electron chi connectivity index (χ4n) is 3.33. The lowest BCUT2D eigenvalue weighted by molar-refractivity contribution is -0.129. The van der Waals surface area contributed by atoms with Gasteiger partial charge in [-0.15, -0.1) is 0 Å². The zero-order chi connectivity index (χ0) is 19.5. The molecule has 3 heterocycles. The minimum atomic E-state index is -0.348. The van der Waals surface area contributed by atoms with E-state index in [1.54, 1.807) is 21.8 Å². The molecule has 1 saturated heterocycles. The highest BCUT2D eigenvalue weighted by Crippen LogP contribution is 2.25. The minimum absolute atomic E-state index is 0.0219. The Balaban J connectivity index is 1.59. The van der Waals surface area contributed by atoms with Crippen molar-refractivity contribution < 1.29 is 14.0 Å². The summed E-state index contributed by atoms with van der Waals surface area (Å²) in [4.78, 5) is 26.9. The molecule has 2 aromatic heterocycles. The lowest BCUT2D eigenvalue weighted by atomic mass is 10.2. The fraction of sp³-hybridized carbons (Fsp3) is 0.286. The number of likely N-dealkylation sites (tertiary alicyclic amines) is 1. The van der Waals surface area contributed by atoms with Crippen LogP contribution in [-0.4, -0.2) is 46.1 Å². The van der Waals surface area contributed by atoms with Crippen molar-refractivity contribution >= 4 is 11.8 Å². The summed E-state index contributed by atoms with van der Waals surface area (Å²) in [6, 6.07) is 13.2. The molecule has 3 aromatic rings. The molecule has 4 rings (SSSR count). The number of benzene rings is 1. The molecule has 7 nitrogen and oxygen atoms in total.